The molecule has 0 saturated carbocycles. The molecule has 1 aliphatic rings. The number of carbonyl (C=O) groups is 2. The molecule has 2 aromatic carbocycles. The SMILES string of the molecule is CC1(C)C(=O)Nc2ccc(NC(=O)C(Cc3cccnc3)c3ccccc3)cc21. The van der Waals surface area contributed by atoms with Crippen molar-refractivity contribution in [3.63, 3.8) is 0 Å². The van der Waals surface area contributed by atoms with Gasteiger partial charge in [-0.3, -0.25) is 14.6 Å². The highest BCUT2D eigenvalue weighted by atomic mass is 16.2. The van der Waals surface area contributed by atoms with E-state index in [2.05, 4.69) is 15.6 Å². The van der Waals surface area contributed by atoms with Crippen molar-refractivity contribution in [3.05, 3.63) is 89.7 Å². The van der Waals surface area contributed by atoms with Gasteiger partial charge in [0.15, 0.2) is 0 Å². The number of pyridine rings is 1. The zero-order chi connectivity index (χ0) is 20.4. The first-order valence-electron chi connectivity index (χ1n) is 9.66. The molecule has 0 fully saturated rings. The van der Waals surface area contributed by atoms with Crippen LogP contribution in [0.5, 0.6) is 0 Å². The summed E-state index contributed by atoms with van der Waals surface area (Å²) in [6, 6.07) is 19.2. The summed E-state index contributed by atoms with van der Waals surface area (Å²) in [6.45, 7) is 3.77. The van der Waals surface area contributed by atoms with Gasteiger partial charge in [0.25, 0.3) is 0 Å². The van der Waals surface area contributed by atoms with Crippen LogP contribution in [-0.4, -0.2) is 16.8 Å². The van der Waals surface area contributed by atoms with Crippen molar-refractivity contribution in [3.8, 4) is 0 Å². The van der Waals surface area contributed by atoms with Crippen LogP contribution in [0.3, 0.4) is 0 Å². The maximum atomic E-state index is 13.2. The lowest BCUT2D eigenvalue weighted by molar-refractivity contribution is -0.119. The molecule has 0 spiro atoms. The van der Waals surface area contributed by atoms with Crippen molar-refractivity contribution in [2.24, 2.45) is 0 Å². The smallest absolute Gasteiger partial charge is 0.234 e. The molecule has 4 rings (SSSR count). The van der Waals surface area contributed by atoms with E-state index in [1.807, 2.05) is 74.5 Å². The number of hydrogen-bond donors (Lipinski definition) is 2. The van der Waals surface area contributed by atoms with E-state index in [-0.39, 0.29) is 17.7 Å². The van der Waals surface area contributed by atoms with Gasteiger partial charge < -0.3 is 10.6 Å². The molecule has 146 valence electrons. The standard InChI is InChI=1S/C24H23N3O2/c1-24(2)20-14-18(10-11-21(20)27-23(24)29)26-22(28)19(17-8-4-3-5-9-17)13-16-7-6-12-25-15-16/h3-12,14-15,19H,13H2,1-2H3,(H,26,28)(H,27,29). The molecule has 0 aliphatic carbocycles. The molecule has 2 amide bonds. The molecule has 2 heterocycles. The normalized spacial score (nSPS) is 15.3. The Bertz CT molecular complexity index is 1050. The minimum Gasteiger partial charge on any atom is -0.326 e. The minimum absolute atomic E-state index is 0.0327. The van der Waals surface area contributed by atoms with Crippen molar-refractivity contribution in [1.82, 2.24) is 4.98 Å². The molecule has 2 N–H and O–H groups in total. The summed E-state index contributed by atoms with van der Waals surface area (Å²) < 4.78 is 0. The van der Waals surface area contributed by atoms with Crippen molar-refractivity contribution < 1.29 is 9.59 Å². The van der Waals surface area contributed by atoms with Gasteiger partial charge in [0, 0.05) is 23.8 Å². The van der Waals surface area contributed by atoms with E-state index in [1.54, 1.807) is 12.4 Å². The Morgan fingerprint density at radius 1 is 1.10 bits per heavy atom. The highest BCUT2D eigenvalue weighted by Crippen LogP contribution is 2.38. The topological polar surface area (TPSA) is 71.1 Å². The average molecular weight is 385 g/mol. The largest absolute Gasteiger partial charge is 0.326 e. The number of fused-ring (bicyclic) bond motifs is 1. The lowest BCUT2D eigenvalue weighted by atomic mass is 9.86. The van der Waals surface area contributed by atoms with Gasteiger partial charge in [-0.2, -0.15) is 0 Å². The van der Waals surface area contributed by atoms with Crippen LogP contribution in [0.4, 0.5) is 11.4 Å². The molecule has 1 aliphatic heterocycles. The molecule has 1 aromatic heterocycles. The Hall–Kier alpha value is -3.47. The number of anilines is 2. The molecule has 3 aromatic rings. The van der Waals surface area contributed by atoms with Crippen molar-refractivity contribution in [1.29, 1.82) is 0 Å². The van der Waals surface area contributed by atoms with E-state index in [0.717, 1.165) is 22.4 Å². The average Bonchev–Trinajstić information content (AvgIpc) is 2.96. The Balaban J connectivity index is 1.61. The summed E-state index contributed by atoms with van der Waals surface area (Å²) in [5, 5.41) is 5.94. The lowest BCUT2D eigenvalue weighted by Gasteiger charge is -2.19. The van der Waals surface area contributed by atoms with Crippen LogP contribution in [0.15, 0.2) is 73.1 Å². The third-order valence-electron chi connectivity index (χ3n) is 5.46. The summed E-state index contributed by atoms with van der Waals surface area (Å²) in [5.74, 6) is -0.466. The van der Waals surface area contributed by atoms with Crippen molar-refractivity contribution >= 4 is 23.2 Å². The van der Waals surface area contributed by atoms with Crippen LogP contribution in [0, 0.1) is 0 Å². The van der Waals surface area contributed by atoms with Gasteiger partial charge in [0.2, 0.25) is 11.8 Å². The quantitative estimate of drug-likeness (QED) is 0.689. The third-order valence-corrected chi connectivity index (χ3v) is 5.46. The fraction of sp³-hybridized carbons (Fsp3) is 0.208. The molecule has 0 bridgehead atoms. The van der Waals surface area contributed by atoms with Gasteiger partial charge in [-0.05, 0) is 61.2 Å². The Kier molecular flexibility index (Phi) is 4.89. The fourth-order valence-electron chi connectivity index (χ4n) is 3.68. The number of amides is 2. The predicted molar refractivity (Wildman–Crippen MR) is 114 cm³/mol. The molecular weight excluding hydrogens is 362 g/mol. The molecular formula is C24H23N3O2. The van der Waals surface area contributed by atoms with Crippen LogP contribution < -0.4 is 10.6 Å². The van der Waals surface area contributed by atoms with Gasteiger partial charge in [-0.1, -0.05) is 36.4 Å². The molecule has 0 saturated heterocycles. The van der Waals surface area contributed by atoms with Crippen LogP contribution in [-0.2, 0) is 21.4 Å². The van der Waals surface area contributed by atoms with Crippen LogP contribution in [0.2, 0.25) is 0 Å². The first kappa shape index (κ1) is 18.9. The van der Waals surface area contributed by atoms with Gasteiger partial charge in [-0.25, -0.2) is 0 Å². The first-order chi connectivity index (χ1) is 13.9. The van der Waals surface area contributed by atoms with E-state index in [1.165, 1.54) is 0 Å². The monoisotopic (exact) mass is 385 g/mol. The maximum absolute atomic E-state index is 13.2. The second-order valence-electron chi connectivity index (χ2n) is 7.86. The molecule has 29 heavy (non-hydrogen) atoms. The van der Waals surface area contributed by atoms with Gasteiger partial charge in [0.05, 0.1) is 11.3 Å². The second-order valence-corrected chi connectivity index (χ2v) is 7.86. The highest BCUT2D eigenvalue weighted by molar-refractivity contribution is 6.06. The summed E-state index contributed by atoms with van der Waals surface area (Å²) >= 11 is 0. The van der Waals surface area contributed by atoms with E-state index >= 15 is 0 Å². The maximum Gasteiger partial charge on any atom is 0.234 e. The zero-order valence-corrected chi connectivity index (χ0v) is 16.5. The predicted octanol–water partition coefficient (Wildman–Crippen LogP) is 4.28. The Morgan fingerprint density at radius 2 is 1.90 bits per heavy atom. The van der Waals surface area contributed by atoms with Gasteiger partial charge >= 0.3 is 0 Å². The van der Waals surface area contributed by atoms with Crippen LogP contribution in [0.25, 0.3) is 0 Å². The molecule has 0 radical (unpaired) electrons. The first-order valence-corrected chi connectivity index (χ1v) is 9.66. The van der Waals surface area contributed by atoms with E-state index in [4.69, 9.17) is 0 Å². The van der Waals surface area contributed by atoms with Crippen molar-refractivity contribution in [2.45, 2.75) is 31.6 Å². The number of hydrogen-bond acceptors (Lipinski definition) is 3. The molecule has 1 atom stereocenters. The van der Waals surface area contributed by atoms with E-state index in [0.29, 0.717) is 12.1 Å². The fourth-order valence-corrected chi connectivity index (χ4v) is 3.68. The zero-order valence-electron chi connectivity index (χ0n) is 16.5. The second kappa shape index (κ2) is 7.51. The number of nitrogens with one attached hydrogen (secondary N) is 2. The summed E-state index contributed by atoms with van der Waals surface area (Å²) in [5.41, 5.74) is 3.71. The number of carbonyl (C=O) groups excluding carboxylic acids is 2. The lowest BCUT2D eigenvalue weighted by Crippen LogP contribution is -2.27. The minimum atomic E-state index is -0.620. The Labute approximate surface area is 170 Å². The number of aromatic nitrogens is 1. The van der Waals surface area contributed by atoms with Crippen LogP contribution in [0.1, 0.15) is 36.5 Å². The number of benzene rings is 2. The summed E-state index contributed by atoms with van der Waals surface area (Å²) in [7, 11) is 0. The molecule has 5 heteroatoms. The number of nitrogens with zero attached hydrogens (tertiary/aromatic N) is 1. The van der Waals surface area contributed by atoms with Gasteiger partial charge in [-0.15, -0.1) is 0 Å². The molecule has 1 unspecified atom stereocenters. The third kappa shape index (κ3) is 3.76. The molecule has 5 nitrogen and oxygen atoms in total. The van der Waals surface area contributed by atoms with Gasteiger partial charge in [0.1, 0.15) is 0 Å². The van der Waals surface area contributed by atoms with Crippen LogP contribution >= 0.6 is 0 Å². The van der Waals surface area contributed by atoms with E-state index < -0.39 is 5.41 Å². The summed E-state index contributed by atoms with van der Waals surface area (Å²) in [4.78, 5) is 29.6. The highest BCUT2D eigenvalue weighted by Gasteiger charge is 2.38. The number of rotatable bonds is 5. The summed E-state index contributed by atoms with van der Waals surface area (Å²) in [6.07, 6.45) is 4.07. The Morgan fingerprint density at radius 3 is 2.62 bits per heavy atom. The van der Waals surface area contributed by atoms with E-state index in [9.17, 15) is 9.59 Å². The van der Waals surface area contributed by atoms with Crippen molar-refractivity contribution in [2.75, 3.05) is 10.6 Å².